The molecule has 0 aromatic carbocycles. The second-order valence-electron chi connectivity index (χ2n) is 7.97. The molecule has 1 saturated heterocycles. The lowest BCUT2D eigenvalue weighted by Gasteiger charge is -2.30. The molecule has 0 bridgehead atoms. The van der Waals surface area contributed by atoms with Crippen LogP contribution in [0, 0.1) is 5.82 Å². The van der Waals surface area contributed by atoms with Gasteiger partial charge in [0.1, 0.15) is 23.4 Å². The Hall–Kier alpha value is -2.88. The number of hydrogen-bond donors (Lipinski definition) is 2. The molecule has 2 aromatic rings. The van der Waals surface area contributed by atoms with Crippen LogP contribution >= 0.6 is 0 Å². The first kappa shape index (κ1) is 21.8. The number of pyridine rings is 1. The van der Waals surface area contributed by atoms with Gasteiger partial charge in [0.25, 0.3) is 0 Å². The lowest BCUT2D eigenvalue weighted by atomic mass is 10.00. The number of halogens is 2. The third kappa shape index (κ3) is 4.48. The number of nitrogens with one attached hydrogen (secondary N) is 1. The van der Waals surface area contributed by atoms with Crippen molar-refractivity contribution in [1.29, 1.82) is 0 Å². The second-order valence-corrected chi connectivity index (χ2v) is 7.97. The Kier molecular flexibility index (Phi) is 6.16. The van der Waals surface area contributed by atoms with Gasteiger partial charge in [-0.15, -0.1) is 0 Å². The van der Waals surface area contributed by atoms with Crippen molar-refractivity contribution in [2.45, 2.75) is 51.0 Å². The summed E-state index contributed by atoms with van der Waals surface area (Å²) in [6, 6.07) is 1.38. The largest absolute Gasteiger partial charge is 0.350 e. The zero-order chi connectivity index (χ0) is 22.1. The number of rotatable bonds is 6. The molecule has 0 saturated carbocycles. The smallest absolute Gasteiger partial charge is 0.243 e. The summed E-state index contributed by atoms with van der Waals surface area (Å²) in [4.78, 5) is 30.7. The van der Waals surface area contributed by atoms with Crippen LogP contribution in [-0.4, -0.2) is 55.8 Å². The van der Waals surface area contributed by atoms with Gasteiger partial charge in [-0.1, -0.05) is 6.07 Å². The average molecular weight is 420 g/mol. The molecule has 30 heavy (non-hydrogen) atoms. The van der Waals surface area contributed by atoms with Crippen LogP contribution < -0.4 is 11.1 Å². The molecular weight excluding hydrogens is 394 g/mol. The van der Waals surface area contributed by atoms with E-state index in [-0.39, 0.29) is 18.1 Å². The molecule has 2 atom stereocenters. The summed E-state index contributed by atoms with van der Waals surface area (Å²) in [5, 5.41) is 6.63. The van der Waals surface area contributed by atoms with Crippen molar-refractivity contribution in [3.63, 3.8) is 0 Å². The zero-order valence-corrected chi connectivity index (χ0v) is 17.2. The fourth-order valence-electron chi connectivity index (χ4n) is 3.45. The molecule has 0 spiro atoms. The van der Waals surface area contributed by atoms with Crippen molar-refractivity contribution in [1.82, 2.24) is 25.0 Å². The standard InChI is InChI=1S/C20H26F2N6O2/c1-20(2,22)17(23)19(30)28-8-4-5-15(28)18(29)25-10-12-6-7-14(24-9-12)16-13(21)11-26-27(16)3/h6-7,9,11,15,17H,4-5,8,10,23H2,1-3H3,(H,25,29). The van der Waals surface area contributed by atoms with Crippen molar-refractivity contribution in [3.05, 3.63) is 35.9 Å². The number of hydrogen-bond acceptors (Lipinski definition) is 5. The van der Waals surface area contributed by atoms with Crippen molar-refractivity contribution in [3.8, 4) is 11.4 Å². The van der Waals surface area contributed by atoms with Crippen LogP contribution in [0.25, 0.3) is 11.4 Å². The number of aromatic nitrogens is 3. The minimum absolute atomic E-state index is 0.194. The lowest BCUT2D eigenvalue weighted by molar-refractivity contribution is -0.141. The molecule has 0 radical (unpaired) electrons. The van der Waals surface area contributed by atoms with E-state index in [9.17, 15) is 18.4 Å². The highest BCUT2D eigenvalue weighted by Crippen LogP contribution is 2.23. The maximum atomic E-state index is 14.1. The van der Waals surface area contributed by atoms with Gasteiger partial charge in [0, 0.05) is 26.3 Å². The molecule has 10 heteroatoms. The molecule has 1 aliphatic heterocycles. The third-order valence-corrected chi connectivity index (χ3v) is 5.27. The molecule has 162 valence electrons. The minimum Gasteiger partial charge on any atom is -0.350 e. The van der Waals surface area contributed by atoms with E-state index in [4.69, 9.17) is 5.73 Å². The SMILES string of the molecule is Cn1ncc(F)c1-c1ccc(CNC(=O)C2CCCN2C(=O)C(N)C(C)(C)F)cn1. The van der Waals surface area contributed by atoms with E-state index in [2.05, 4.69) is 15.4 Å². The molecule has 8 nitrogen and oxygen atoms in total. The molecule has 1 aliphatic rings. The Morgan fingerprint density at radius 1 is 1.37 bits per heavy atom. The molecule has 2 unspecified atom stereocenters. The van der Waals surface area contributed by atoms with E-state index in [1.54, 1.807) is 25.4 Å². The van der Waals surface area contributed by atoms with Gasteiger partial charge in [-0.25, -0.2) is 8.78 Å². The predicted octanol–water partition coefficient (Wildman–Crippen LogP) is 1.30. The first-order chi connectivity index (χ1) is 14.1. The van der Waals surface area contributed by atoms with Gasteiger partial charge in [-0.3, -0.25) is 19.3 Å². The number of nitrogens with zero attached hydrogens (tertiary/aromatic N) is 4. The maximum absolute atomic E-state index is 14.1. The molecule has 2 aromatic heterocycles. The topological polar surface area (TPSA) is 106 Å². The Labute approximate surface area is 173 Å². The maximum Gasteiger partial charge on any atom is 0.243 e. The summed E-state index contributed by atoms with van der Waals surface area (Å²) in [6.45, 7) is 3.05. The predicted molar refractivity (Wildman–Crippen MR) is 106 cm³/mol. The van der Waals surface area contributed by atoms with Crippen LogP contribution in [-0.2, 0) is 23.2 Å². The molecule has 3 rings (SSSR count). The monoisotopic (exact) mass is 420 g/mol. The number of carbonyl (C=O) groups is 2. The Morgan fingerprint density at radius 2 is 2.10 bits per heavy atom. The van der Waals surface area contributed by atoms with E-state index in [1.165, 1.54) is 23.4 Å². The van der Waals surface area contributed by atoms with Crippen LogP contribution in [0.5, 0.6) is 0 Å². The number of nitrogens with two attached hydrogens (primary N) is 1. The Morgan fingerprint density at radius 3 is 2.67 bits per heavy atom. The van der Waals surface area contributed by atoms with Crippen LogP contribution in [0.1, 0.15) is 32.3 Å². The third-order valence-electron chi connectivity index (χ3n) is 5.27. The van der Waals surface area contributed by atoms with E-state index in [0.717, 1.165) is 6.20 Å². The van der Waals surface area contributed by atoms with Crippen molar-refractivity contribution >= 4 is 11.8 Å². The molecule has 3 heterocycles. The average Bonchev–Trinajstić information content (AvgIpc) is 3.31. The first-order valence-corrected chi connectivity index (χ1v) is 9.75. The Bertz CT molecular complexity index is 903. The van der Waals surface area contributed by atoms with Gasteiger partial charge in [0.05, 0.1) is 11.9 Å². The van der Waals surface area contributed by atoms with Gasteiger partial charge in [0.2, 0.25) is 11.8 Å². The van der Waals surface area contributed by atoms with Gasteiger partial charge in [-0.2, -0.15) is 5.10 Å². The lowest BCUT2D eigenvalue weighted by Crippen LogP contribution is -2.56. The molecule has 0 aliphatic carbocycles. The summed E-state index contributed by atoms with van der Waals surface area (Å²) in [5.41, 5.74) is 5.28. The highest BCUT2D eigenvalue weighted by atomic mass is 19.1. The summed E-state index contributed by atoms with van der Waals surface area (Å²) < 4.78 is 29.3. The minimum atomic E-state index is -1.87. The van der Waals surface area contributed by atoms with Crippen LogP contribution in [0.3, 0.4) is 0 Å². The quantitative estimate of drug-likeness (QED) is 0.733. The highest BCUT2D eigenvalue weighted by molar-refractivity contribution is 5.90. The van der Waals surface area contributed by atoms with Gasteiger partial charge in [-0.05, 0) is 38.3 Å². The van der Waals surface area contributed by atoms with E-state index in [0.29, 0.717) is 30.6 Å². The fraction of sp³-hybridized carbons (Fsp3) is 0.500. The van der Waals surface area contributed by atoms with E-state index < -0.39 is 29.5 Å². The van der Waals surface area contributed by atoms with Gasteiger partial charge >= 0.3 is 0 Å². The van der Waals surface area contributed by atoms with Crippen molar-refractivity contribution in [2.75, 3.05) is 6.54 Å². The number of likely N-dealkylation sites (tertiary alicyclic amines) is 1. The summed E-state index contributed by atoms with van der Waals surface area (Å²) >= 11 is 0. The van der Waals surface area contributed by atoms with E-state index in [1.807, 2.05) is 0 Å². The highest BCUT2D eigenvalue weighted by Gasteiger charge is 2.41. The second kappa shape index (κ2) is 8.47. The van der Waals surface area contributed by atoms with Crippen LogP contribution in [0.15, 0.2) is 24.5 Å². The number of carbonyl (C=O) groups excluding carboxylic acids is 2. The van der Waals surface area contributed by atoms with Crippen LogP contribution in [0.4, 0.5) is 8.78 Å². The van der Waals surface area contributed by atoms with Gasteiger partial charge in [0.15, 0.2) is 5.82 Å². The number of amides is 2. The van der Waals surface area contributed by atoms with E-state index >= 15 is 0 Å². The molecule has 3 N–H and O–H groups in total. The van der Waals surface area contributed by atoms with Gasteiger partial charge < -0.3 is 16.0 Å². The molecular formula is C20H26F2N6O2. The van der Waals surface area contributed by atoms with Crippen molar-refractivity contribution in [2.24, 2.45) is 12.8 Å². The Balaban J connectivity index is 1.62. The normalized spacial score (nSPS) is 17.8. The summed E-state index contributed by atoms with van der Waals surface area (Å²) in [5.74, 6) is -1.36. The molecule has 1 fully saturated rings. The zero-order valence-electron chi connectivity index (χ0n) is 17.2. The number of aryl methyl sites for hydroxylation is 1. The summed E-state index contributed by atoms with van der Waals surface area (Å²) in [7, 11) is 1.62. The summed E-state index contributed by atoms with van der Waals surface area (Å²) in [6.07, 6.45) is 3.81. The first-order valence-electron chi connectivity index (χ1n) is 9.75. The molecule has 2 amide bonds. The van der Waals surface area contributed by atoms with Crippen molar-refractivity contribution < 1.29 is 18.4 Å². The van der Waals surface area contributed by atoms with Crippen LogP contribution in [0.2, 0.25) is 0 Å². The fourth-order valence-corrected chi connectivity index (χ4v) is 3.45. The number of alkyl halides is 1.